The van der Waals surface area contributed by atoms with Crippen LogP contribution in [0.5, 0.6) is 0 Å². The van der Waals surface area contributed by atoms with Crippen LogP contribution in [0.1, 0.15) is 18.4 Å². The maximum atomic E-state index is 4.66. The third-order valence-electron chi connectivity index (χ3n) is 2.16. The molecule has 0 aliphatic heterocycles. The van der Waals surface area contributed by atoms with Gasteiger partial charge in [-0.1, -0.05) is 30.3 Å². The van der Waals surface area contributed by atoms with Crippen molar-refractivity contribution < 1.29 is 0 Å². The number of hydrogen-bond donors (Lipinski definition) is 2. The monoisotopic (exact) mass is 198 g/mol. The van der Waals surface area contributed by atoms with Gasteiger partial charge in [-0.2, -0.15) is 0 Å². The summed E-state index contributed by atoms with van der Waals surface area (Å²) in [4.78, 5) is 0. The fourth-order valence-corrected chi connectivity index (χ4v) is 4.04. The first kappa shape index (κ1) is 8.52. The highest BCUT2D eigenvalue weighted by Gasteiger charge is 2.25. The van der Waals surface area contributed by atoms with Crippen LogP contribution in [0, 0.1) is 0 Å². The Balaban J connectivity index is 1.94. The summed E-state index contributed by atoms with van der Waals surface area (Å²) in [5, 5.41) is 0.962. The lowest BCUT2D eigenvalue weighted by Gasteiger charge is -2.13. The topological polar surface area (TPSA) is 0 Å². The Kier molecular flexibility index (Phi) is 2.66. The van der Waals surface area contributed by atoms with Crippen molar-refractivity contribution in [3.63, 3.8) is 0 Å². The van der Waals surface area contributed by atoms with E-state index in [1.54, 1.807) is 0 Å². The van der Waals surface area contributed by atoms with Crippen LogP contribution in [0.25, 0.3) is 0 Å². The molecule has 1 aliphatic carbocycles. The lowest BCUT2D eigenvalue weighted by molar-refractivity contribution is 1.38. The smallest absolute Gasteiger partial charge is 0.00847 e. The average Bonchev–Trinajstić information content (AvgIpc) is 2.88. The Morgan fingerprint density at radius 3 is 2.50 bits per heavy atom. The predicted molar refractivity (Wildman–Crippen MR) is 61.1 cm³/mol. The summed E-state index contributed by atoms with van der Waals surface area (Å²) in [5.41, 5.74) is 1.45. The zero-order chi connectivity index (χ0) is 8.39. The first-order valence-corrected chi connectivity index (χ1v) is 7.10. The van der Waals surface area contributed by atoms with Gasteiger partial charge in [0.1, 0.15) is 0 Å². The van der Waals surface area contributed by atoms with Crippen molar-refractivity contribution in [3.8, 4) is 0 Å². The Hall–Kier alpha value is -0.0800. The van der Waals surface area contributed by atoms with Crippen molar-refractivity contribution in [1.82, 2.24) is 0 Å². The van der Waals surface area contributed by atoms with E-state index < -0.39 is 0 Å². The molecular weight excluding hydrogens is 184 g/mol. The van der Waals surface area contributed by atoms with Crippen molar-refractivity contribution in [3.05, 3.63) is 35.9 Å². The lowest BCUT2D eigenvalue weighted by Crippen LogP contribution is -1.86. The summed E-state index contributed by atoms with van der Waals surface area (Å²) >= 11 is 4.66. The van der Waals surface area contributed by atoms with Crippen LogP contribution in [0.15, 0.2) is 30.3 Å². The SMILES string of the molecule is S[SH](Cc1ccccc1)C1CC1. The zero-order valence-corrected chi connectivity index (χ0v) is 8.77. The molecule has 0 bridgehead atoms. The third kappa shape index (κ3) is 2.20. The van der Waals surface area contributed by atoms with E-state index in [-0.39, 0.29) is 9.93 Å². The molecule has 1 aromatic rings. The van der Waals surface area contributed by atoms with Gasteiger partial charge in [-0.3, -0.25) is 0 Å². The van der Waals surface area contributed by atoms with Gasteiger partial charge in [-0.25, -0.2) is 9.93 Å². The maximum Gasteiger partial charge on any atom is 0.00847 e. The Labute approximate surface area is 81.5 Å². The lowest BCUT2D eigenvalue weighted by atomic mass is 10.2. The van der Waals surface area contributed by atoms with E-state index in [0.717, 1.165) is 5.25 Å². The Morgan fingerprint density at radius 1 is 1.25 bits per heavy atom. The van der Waals surface area contributed by atoms with E-state index in [9.17, 15) is 0 Å². The van der Waals surface area contributed by atoms with Gasteiger partial charge in [0.25, 0.3) is 0 Å². The molecule has 2 heteroatoms. The van der Waals surface area contributed by atoms with E-state index in [1.807, 2.05) is 0 Å². The van der Waals surface area contributed by atoms with E-state index in [0.29, 0.717) is 0 Å². The van der Waals surface area contributed by atoms with E-state index in [4.69, 9.17) is 0 Å². The Morgan fingerprint density at radius 2 is 1.92 bits per heavy atom. The summed E-state index contributed by atoms with van der Waals surface area (Å²) in [6.07, 6.45) is 2.84. The van der Waals surface area contributed by atoms with Gasteiger partial charge in [-0.05, 0) is 23.7 Å². The van der Waals surface area contributed by atoms with Gasteiger partial charge in [0.2, 0.25) is 0 Å². The highest BCUT2D eigenvalue weighted by molar-refractivity contribution is 8.78. The molecule has 0 heterocycles. The molecular formula is C10H14S2. The zero-order valence-electron chi connectivity index (χ0n) is 6.98. The van der Waals surface area contributed by atoms with E-state index in [2.05, 4.69) is 42.0 Å². The van der Waals surface area contributed by atoms with Crippen molar-refractivity contribution in [1.29, 1.82) is 0 Å². The van der Waals surface area contributed by atoms with Crippen LogP contribution in [0.4, 0.5) is 0 Å². The van der Waals surface area contributed by atoms with E-state index in [1.165, 1.54) is 24.2 Å². The Bertz CT molecular complexity index is 241. The van der Waals surface area contributed by atoms with Gasteiger partial charge in [0.05, 0.1) is 0 Å². The molecule has 1 fully saturated rings. The van der Waals surface area contributed by atoms with E-state index >= 15 is 0 Å². The molecule has 0 spiro atoms. The van der Waals surface area contributed by atoms with Gasteiger partial charge < -0.3 is 0 Å². The molecule has 0 amide bonds. The molecule has 0 aromatic heterocycles. The second-order valence-electron chi connectivity index (χ2n) is 3.31. The van der Waals surface area contributed by atoms with Crippen LogP contribution >= 0.6 is 21.6 Å². The van der Waals surface area contributed by atoms with Crippen LogP contribution in [0.3, 0.4) is 0 Å². The largest absolute Gasteiger partial charge is 0.201 e. The fraction of sp³-hybridized carbons (Fsp3) is 0.400. The first-order chi connectivity index (χ1) is 5.86. The van der Waals surface area contributed by atoms with Gasteiger partial charge >= 0.3 is 0 Å². The standard InChI is InChI=1S/C10H14S2/c11-12(10-6-7-10)8-9-4-2-1-3-5-9/h1-5,10-12H,6-8H2. The minimum atomic E-state index is -0.0103. The number of hydrogen-bond acceptors (Lipinski definition) is 1. The normalized spacial score (nSPS) is 20.6. The molecule has 1 atom stereocenters. The van der Waals surface area contributed by atoms with Crippen molar-refractivity contribution in [2.24, 2.45) is 0 Å². The summed E-state index contributed by atoms with van der Waals surface area (Å²) in [7, 11) is -0.0103. The highest BCUT2D eigenvalue weighted by Crippen LogP contribution is 2.51. The molecule has 1 unspecified atom stereocenters. The molecule has 66 valence electrons. The van der Waals surface area contributed by atoms with Crippen LogP contribution in [-0.4, -0.2) is 5.25 Å². The summed E-state index contributed by atoms with van der Waals surface area (Å²) in [6, 6.07) is 10.7. The van der Waals surface area contributed by atoms with Gasteiger partial charge in [0, 0.05) is 5.75 Å². The summed E-state index contributed by atoms with van der Waals surface area (Å²) in [6.45, 7) is 0. The molecule has 1 aromatic carbocycles. The van der Waals surface area contributed by atoms with Crippen LogP contribution < -0.4 is 0 Å². The average molecular weight is 198 g/mol. The van der Waals surface area contributed by atoms with Crippen molar-refractivity contribution in [2.45, 2.75) is 23.8 Å². The second-order valence-corrected chi connectivity index (χ2v) is 6.78. The molecule has 1 aliphatic rings. The molecule has 1 saturated carbocycles. The molecule has 0 N–H and O–H groups in total. The second kappa shape index (κ2) is 3.75. The molecule has 0 saturated heterocycles. The minimum absolute atomic E-state index is 0.0103. The number of thiol groups is 2. The van der Waals surface area contributed by atoms with Crippen molar-refractivity contribution in [2.75, 3.05) is 0 Å². The van der Waals surface area contributed by atoms with Gasteiger partial charge in [-0.15, -0.1) is 11.7 Å². The molecule has 2 rings (SSSR count). The molecule has 0 nitrogen and oxygen atoms in total. The maximum absolute atomic E-state index is 4.66. The highest BCUT2D eigenvalue weighted by atomic mass is 33.1. The first-order valence-electron chi connectivity index (χ1n) is 4.36. The predicted octanol–water partition coefficient (Wildman–Crippen LogP) is 3.20. The minimum Gasteiger partial charge on any atom is -0.201 e. The quantitative estimate of drug-likeness (QED) is 0.541. The summed E-state index contributed by atoms with van der Waals surface area (Å²) < 4.78 is 0. The number of benzene rings is 1. The van der Waals surface area contributed by atoms with Crippen LogP contribution in [-0.2, 0) is 5.75 Å². The third-order valence-corrected chi connectivity index (χ3v) is 5.61. The summed E-state index contributed by atoms with van der Waals surface area (Å²) in [5.74, 6) is 1.20. The fourth-order valence-electron chi connectivity index (χ4n) is 1.27. The van der Waals surface area contributed by atoms with Gasteiger partial charge in [0.15, 0.2) is 0 Å². The molecule has 0 radical (unpaired) electrons. The van der Waals surface area contributed by atoms with Crippen LogP contribution in [0.2, 0.25) is 0 Å². The number of rotatable bonds is 3. The molecule has 12 heavy (non-hydrogen) atoms. The van der Waals surface area contributed by atoms with Crippen molar-refractivity contribution >= 4 is 21.6 Å².